The van der Waals surface area contributed by atoms with E-state index in [0.29, 0.717) is 6.54 Å². The van der Waals surface area contributed by atoms with Gasteiger partial charge in [-0.05, 0) is 43.0 Å². The maximum absolute atomic E-state index is 13.4. The van der Waals surface area contributed by atoms with Crippen molar-refractivity contribution in [3.05, 3.63) is 34.9 Å². The van der Waals surface area contributed by atoms with Crippen molar-refractivity contribution in [2.45, 2.75) is 44.4 Å². The van der Waals surface area contributed by atoms with E-state index < -0.39 is 11.6 Å². The molecule has 0 bridgehead atoms. The van der Waals surface area contributed by atoms with Crippen molar-refractivity contribution in [2.24, 2.45) is 5.73 Å². The van der Waals surface area contributed by atoms with Crippen molar-refractivity contribution in [3.8, 4) is 0 Å². The first-order valence-electron chi connectivity index (χ1n) is 6.25. The second-order valence-electron chi connectivity index (χ2n) is 5.13. The van der Waals surface area contributed by atoms with Crippen LogP contribution in [0.4, 0.5) is 8.78 Å². The van der Waals surface area contributed by atoms with Crippen molar-refractivity contribution in [1.29, 1.82) is 0 Å². The highest BCUT2D eigenvalue weighted by Crippen LogP contribution is 2.40. The van der Waals surface area contributed by atoms with Gasteiger partial charge in [0.15, 0.2) is 11.6 Å². The van der Waals surface area contributed by atoms with Crippen LogP contribution in [0.1, 0.15) is 43.2 Å². The van der Waals surface area contributed by atoms with E-state index in [1.807, 2.05) is 6.92 Å². The molecule has 0 unspecified atom stereocenters. The molecule has 2 N–H and O–H groups in total. The zero-order valence-electron chi connectivity index (χ0n) is 10.2. The Kier molecular flexibility index (Phi) is 3.48. The Morgan fingerprint density at radius 1 is 1.12 bits per heavy atom. The van der Waals surface area contributed by atoms with Crippen LogP contribution in [0.15, 0.2) is 12.1 Å². The van der Waals surface area contributed by atoms with Gasteiger partial charge in [-0.3, -0.25) is 0 Å². The van der Waals surface area contributed by atoms with E-state index in [4.69, 9.17) is 5.73 Å². The summed E-state index contributed by atoms with van der Waals surface area (Å²) in [7, 11) is 0. The molecule has 0 atom stereocenters. The quantitative estimate of drug-likeness (QED) is 0.840. The largest absolute Gasteiger partial charge is 0.330 e. The third-order valence-electron chi connectivity index (χ3n) is 4.04. The number of rotatable bonds is 2. The molecular formula is C14H19F2N. The highest BCUT2D eigenvalue weighted by Gasteiger charge is 2.34. The number of aryl methyl sites for hydroxylation is 1. The number of hydrogen-bond donors (Lipinski definition) is 1. The molecule has 1 nitrogen and oxygen atoms in total. The number of halogens is 2. The molecule has 3 heteroatoms. The van der Waals surface area contributed by atoms with Crippen molar-refractivity contribution in [3.63, 3.8) is 0 Å². The highest BCUT2D eigenvalue weighted by atomic mass is 19.2. The second kappa shape index (κ2) is 4.73. The lowest BCUT2D eigenvalue weighted by molar-refractivity contribution is 0.298. The van der Waals surface area contributed by atoms with Gasteiger partial charge >= 0.3 is 0 Å². The van der Waals surface area contributed by atoms with Crippen LogP contribution in [0.25, 0.3) is 0 Å². The minimum atomic E-state index is -0.769. The molecule has 0 aliphatic heterocycles. The van der Waals surface area contributed by atoms with Gasteiger partial charge in [0.1, 0.15) is 0 Å². The Bertz CT molecular complexity index is 409. The van der Waals surface area contributed by atoms with E-state index in [1.54, 1.807) is 0 Å². The minimum absolute atomic E-state index is 0.142. The van der Waals surface area contributed by atoms with Gasteiger partial charge in [-0.25, -0.2) is 8.78 Å². The van der Waals surface area contributed by atoms with Gasteiger partial charge < -0.3 is 5.73 Å². The van der Waals surface area contributed by atoms with E-state index in [1.165, 1.54) is 18.6 Å². The smallest absolute Gasteiger partial charge is 0.159 e. The third-order valence-corrected chi connectivity index (χ3v) is 4.04. The van der Waals surface area contributed by atoms with Crippen LogP contribution in [0.3, 0.4) is 0 Å². The minimum Gasteiger partial charge on any atom is -0.330 e. The Morgan fingerprint density at radius 3 is 2.29 bits per heavy atom. The first kappa shape index (κ1) is 12.5. The molecule has 0 saturated heterocycles. The molecule has 17 heavy (non-hydrogen) atoms. The lowest BCUT2D eigenvalue weighted by Crippen LogP contribution is -2.38. The predicted octanol–water partition coefficient (Wildman–Crippen LogP) is 3.43. The molecular weight excluding hydrogens is 220 g/mol. The third kappa shape index (κ3) is 2.21. The van der Waals surface area contributed by atoms with E-state index in [2.05, 4.69) is 0 Å². The zero-order chi connectivity index (χ0) is 12.5. The number of hydrogen-bond acceptors (Lipinski definition) is 1. The molecule has 1 aliphatic carbocycles. The highest BCUT2D eigenvalue weighted by molar-refractivity contribution is 5.35. The van der Waals surface area contributed by atoms with Gasteiger partial charge in [0.05, 0.1) is 0 Å². The summed E-state index contributed by atoms with van der Waals surface area (Å²) in [5, 5.41) is 0. The van der Waals surface area contributed by atoms with Crippen LogP contribution in [0.5, 0.6) is 0 Å². The molecule has 1 aromatic carbocycles. The molecule has 1 aliphatic rings. The monoisotopic (exact) mass is 239 g/mol. The molecule has 0 amide bonds. The van der Waals surface area contributed by atoms with Crippen molar-refractivity contribution < 1.29 is 8.78 Å². The lowest BCUT2D eigenvalue weighted by Gasteiger charge is -2.38. The van der Waals surface area contributed by atoms with Crippen LogP contribution in [-0.4, -0.2) is 6.54 Å². The number of nitrogens with two attached hydrogens (primary N) is 1. The summed E-state index contributed by atoms with van der Waals surface area (Å²) in [4.78, 5) is 0. The van der Waals surface area contributed by atoms with E-state index in [-0.39, 0.29) is 5.41 Å². The molecule has 0 radical (unpaired) electrons. The van der Waals surface area contributed by atoms with Crippen molar-refractivity contribution in [1.82, 2.24) is 0 Å². The Morgan fingerprint density at radius 2 is 1.71 bits per heavy atom. The Labute approximate surface area is 101 Å². The van der Waals surface area contributed by atoms with E-state index in [9.17, 15) is 8.78 Å². The molecule has 0 spiro atoms. The van der Waals surface area contributed by atoms with Crippen molar-refractivity contribution >= 4 is 0 Å². The summed E-state index contributed by atoms with van der Waals surface area (Å²) in [6, 6.07) is 2.64. The van der Waals surface area contributed by atoms with Crippen molar-refractivity contribution in [2.75, 3.05) is 6.54 Å². The number of benzene rings is 1. The van der Waals surface area contributed by atoms with Crippen LogP contribution in [-0.2, 0) is 5.41 Å². The maximum atomic E-state index is 13.4. The maximum Gasteiger partial charge on any atom is 0.159 e. The van der Waals surface area contributed by atoms with Gasteiger partial charge in [0.2, 0.25) is 0 Å². The summed E-state index contributed by atoms with van der Waals surface area (Å²) in [6.45, 7) is 2.35. The summed E-state index contributed by atoms with van der Waals surface area (Å²) in [5.74, 6) is -1.53. The van der Waals surface area contributed by atoms with Crippen LogP contribution in [0, 0.1) is 18.6 Å². The Hall–Kier alpha value is -0.960. The van der Waals surface area contributed by atoms with E-state index in [0.717, 1.165) is 36.8 Å². The Balaban J connectivity index is 2.46. The standard InChI is InChI=1S/C14H19F2N/c1-10-7-12(15)13(16)8-11(10)14(9-17)5-3-2-4-6-14/h7-8H,2-6,9,17H2,1H3. The zero-order valence-corrected chi connectivity index (χ0v) is 10.2. The SMILES string of the molecule is Cc1cc(F)c(F)cc1C1(CN)CCCCC1. The summed E-state index contributed by atoms with van der Waals surface area (Å²) in [6.07, 6.45) is 5.42. The molecule has 94 valence electrons. The van der Waals surface area contributed by atoms with Gasteiger partial charge in [-0.1, -0.05) is 19.3 Å². The predicted molar refractivity (Wildman–Crippen MR) is 64.9 cm³/mol. The van der Waals surface area contributed by atoms with Gasteiger partial charge in [-0.15, -0.1) is 0 Å². The molecule has 0 aromatic heterocycles. The molecule has 1 saturated carbocycles. The van der Waals surface area contributed by atoms with Crippen LogP contribution < -0.4 is 5.73 Å². The van der Waals surface area contributed by atoms with E-state index >= 15 is 0 Å². The lowest BCUT2D eigenvalue weighted by atomic mass is 9.68. The first-order valence-corrected chi connectivity index (χ1v) is 6.25. The van der Waals surface area contributed by atoms with Gasteiger partial charge in [0, 0.05) is 12.0 Å². The van der Waals surface area contributed by atoms with Crippen LogP contribution >= 0.6 is 0 Å². The molecule has 1 fully saturated rings. The topological polar surface area (TPSA) is 26.0 Å². The first-order chi connectivity index (χ1) is 8.09. The van der Waals surface area contributed by atoms with Crippen LogP contribution in [0.2, 0.25) is 0 Å². The molecule has 1 aromatic rings. The average Bonchev–Trinajstić information content (AvgIpc) is 2.34. The van der Waals surface area contributed by atoms with Gasteiger partial charge in [-0.2, -0.15) is 0 Å². The normalized spacial score (nSPS) is 19.3. The fourth-order valence-corrected chi connectivity index (χ4v) is 3.03. The molecule has 0 heterocycles. The average molecular weight is 239 g/mol. The second-order valence-corrected chi connectivity index (χ2v) is 5.13. The fraction of sp³-hybridized carbons (Fsp3) is 0.571. The summed E-state index contributed by atoms with van der Waals surface area (Å²) < 4.78 is 26.6. The summed E-state index contributed by atoms with van der Waals surface area (Å²) >= 11 is 0. The molecule has 2 rings (SSSR count). The summed E-state index contributed by atoms with van der Waals surface area (Å²) in [5.41, 5.74) is 7.49. The fourth-order valence-electron chi connectivity index (χ4n) is 3.03. The van der Waals surface area contributed by atoms with Gasteiger partial charge in [0.25, 0.3) is 0 Å².